The lowest BCUT2D eigenvalue weighted by Gasteiger charge is -2.21. The van der Waals surface area contributed by atoms with Crippen molar-refractivity contribution < 1.29 is 9.18 Å². The summed E-state index contributed by atoms with van der Waals surface area (Å²) < 4.78 is 15.6. The molecule has 1 heterocycles. The predicted octanol–water partition coefficient (Wildman–Crippen LogP) is 2.01. The molecule has 0 aliphatic heterocycles. The molecule has 2 rings (SSSR count). The normalized spacial score (nSPS) is 10.4. The summed E-state index contributed by atoms with van der Waals surface area (Å²) >= 11 is 0. The number of aromatic nitrogens is 2. The number of hydrogen-bond acceptors (Lipinski definition) is 3. The van der Waals surface area contributed by atoms with E-state index in [0.29, 0.717) is 24.1 Å². The Bertz CT molecular complexity index is 565. The Hall–Kier alpha value is -2.17. The number of hydrogen-bond donors (Lipinski definition) is 0. The molecule has 0 saturated carbocycles. The lowest BCUT2D eigenvalue weighted by Crippen LogP contribution is -2.21. The van der Waals surface area contributed by atoms with E-state index in [4.69, 9.17) is 0 Å². The number of carbonyl (C=O) groups is 1. The first kappa shape index (κ1) is 12.3. The summed E-state index contributed by atoms with van der Waals surface area (Å²) in [5.74, 6) is 0.397. The maximum atomic E-state index is 13.8. The maximum absolute atomic E-state index is 13.8. The van der Waals surface area contributed by atoms with Crippen molar-refractivity contribution >= 4 is 12.0 Å². The molecular weight excluding hydrogens is 233 g/mol. The summed E-state index contributed by atoms with van der Waals surface area (Å²) in [6.45, 7) is 0.436. The van der Waals surface area contributed by atoms with Crippen molar-refractivity contribution in [3.63, 3.8) is 0 Å². The molecular formula is C13H14FN3O. The number of aryl methyl sites for hydroxylation is 1. The minimum absolute atomic E-state index is 0.301. The van der Waals surface area contributed by atoms with Gasteiger partial charge in [0.1, 0.15) is 11.6 Å². The first-order valence-electron chi connectivity index (χ1n) is 5.54. The molecule has 0 atom stereocenters. The fourth-order valence-corrected chi connectivity index (χ4v) is 1.87. The van der Waals surface area contributed by atoms with Gasteiger partial charge in [-0.25, -0.2) is 9.37 Å². The molecule has 5 heteroatoms. The number of nitrogens with zero attached hydrogens (tertiary/aromatic N) is 3. The largest absolute Gasteiger partial charge is 0.364 e. The second-order valence-electron chi connectivity index (χ2n) is 4.11. The van der Waals surface area contributed by atoms with Gasteiger partial charge in [0, 0.05) is 32.1 Å². The number of para-hydroxylation sites is 1. The van der Waals surface area contributed by atoms with Crippen LogP contribution in [-0.2, 0) is 13.6 Å². The highest BCUT2D eigenvalue weighted by Crippen LogP contribution is 2.23. The van der Waals surface area contributed by atoms with E-state index in [0.717, 1.165) is 5.82 Å². The Morgan fingerprint density at radius 1 is 1.50 bits per heavy atom. The highest BCUT2D eigenvalue weighted by Gasteiger charge is 2.14. The van der Waals surface area contributed by atoms with Crippen LogP contribution in [0.25, 0.3) is 0 Å². The number of imidazole rings is 1. The average Bonchev–Trinajstić information content (AvgIpc) is 2.74. The molecule has 1 aromatic heterocycles. The lowest BCUT2D eigenvalue weighted by atomic mass is 10.1. The van der Waals surface area contributed by atoms with E-state index >= 15 is 0 Å². The third kappa shape index (κ3) is 2.25. The van der Waals surface area contributed by atoms with Crippen molar-refractivity contribution in [1.82, 2.24) is 9.55 Å². The molecule has 1 aromatic carbocycles. The number of rotatable bonds is 4. The molecule has 0 spiro atoms. The molecule has 4 nitrogen and oxygen atoms in total. The standard InChI is InChI=1S/C13H14FN3O/c1-16-7-6-15-12(16)8-17(2)13-10(9-18)4-3-5-11(13)14/h3-7,9H,8H2,1-2H3. The molecule has 0 N–H and O–H groups in total. The van der Waals surface area contributed by atoms with Gasteiger partial charge in [0.2, 0.25) is 0 Å². The van der Waals surface area contributed by atoms with Crippen molar-refractivity contribution in [2.24, 2.45) is 7.05 Å². The number of carbonyl (C=O) groups excluding carboxylic acids is 1. The van der Waals surface area contributed by atoms with Crippen molar-refractivity contribution in [3.8, 4) is 0 Å². The highest BCUT2D eigenvalue weighted by atomic mass is 19.1. The maximum Gasteiger partial charge on any atom is 0.152 e. The van der Waals surface area contributed by atoms with E-state index in [1.165, 1.54) is 12.1 Å². The minimum atomic E-state index is -0.406. The van der Waals surface area contributed by atoms with Gasteiger partial charge in [0.25, 0.3) is 0 Å². The molecule has 0 radical (unpaired) electrons. The molecule has 0 saturated heterocycles. The van der Waals surface area contributed by atoms with E-state index in [2.05, 4.69) is 4.98 Å². The molecule has 18 heavy (non-hydrogen) atoms. The molecule has 0 bridgehead atoms. The summed E-state index contributed by atoms with van der Waals surface area (Å²) in [6, 6.07) is 4.47. The Morgan fingerprint density at radius 2 is 2.28 bits per heavy atom. The van der Waals surface area contributed by atoms with Crippen molar-refractivity contribution in [3.05, 3.63) is 47.8 Å². The topological polar surface area (TPSA) is 38.1 Å². The summed E-state index contributed by atoms with van der Waals surface area (Å²) in [6.07, 6.45) is 4.17. The molecule has 0 aliphatic rings. The summed E-state index contributed by atoms with van der Waals surface area (Å²) in [7, 11) is 3.61. The second-order valence-corrected chi connectivity index (χ2v) is 4.11. The second kappa shape index (κ2) is 5.00. The fraction of sp³-hybridized carbons (Fsp3) is 0.231. The van der Waals surface area contributed by atoms with Crippen LogP contribution >= 0.6 is 0 Å². The SMILES string of the molecule is CN(Cc1nccn1C)c1c(F)cccc1C=O. The number of benzene rings is 1. The van der Waals surface area contributed by atoms with Crippen molar-refractivity contribution in [2.75, 3.05) is 11.9 Å². The first-order chi connectivity index (χ1) is 8.63. The van der Waals surface area contributed by atoms with E-state index in [1.54, 1.807) is 24.2 Å². The quantitative estimate of drug-likeness (QED) is 0.776. The highest BCUT2D eigenvalue weighted by molar-refractivity contribution is 5.84. The smallest absolute Gasteiger partial charge is 0.152 e. The van der Waals surface area contributed by atoms with Gasteiger partial charge >= 0.3 is 0 Å². The molecule has 0 aliphatic carbocycles. The fourth-order valence-electron chi connectivity index (χ4n) is 1.87. The van der Waals surface area contributed by atoms with Gasteiger partial charge in [-0.2, -0.15) is 0 Å². The van der Waals surface area contributed by atoms with E-state index in [1.807, 2.05) is 17.8 Å². The zero-order valence-electron chi connectivity index (χ0n) is 10.3. The van der Waals surface area contributed by atoms with Crippen LogP contribution in [0.4, 0.5) is 10.1 Å². The van der Waals surface area contributed by atoms with Crippen molar-refractivity contribution in [1.29, 1.82) is 0 Å². The first-order valence-corrected chi connectivity index (χ1v) is 5.54. The Balaban J connectivity index is 2.31. The molecule has 0 unspecified atom stereocenters. The zero-order chi connectivity index (χ0) is 13.1. The Morgan fingerprint density at radius 3 is 2.89 bits per heavy atom. The van der Waals surface area contributed by atoms with Crippen LogP contribution < -0.4 is 4.90 Å². The third-order valence-corrected chi connectivity index (χ3v) is 2.83. The minimum Gasteiger partial charge on any atom is -0.364 e. The summed E-state index contributed by atoms with van der Waals surface area (Å²) in [5.41, 5.74) is 0.641. The van der Waals surface area contributed by atoms with E-state index in [-0.39, 0.29) is 0 Å². The van der Waals surface area contributed by atoms with Crippen LogP contribution in [0.5, 0.6) is 0 Å². The molecule has 0 amide bonds. The zero-order valence-corrected chi connectivity index (χ0v) is 10.3. The molecule has 0 fully saturated rings. The van der Waals surface area contributed by atoms with E-state index in [9.17, 15) is 9.18 Å². The van der Waals surface area contributed by atoms with Gasteiger partial charge in [0.05, 0.1) is 12.2 Å². The monoisotopic (exact) mass is 247 g/mol. The number of aldehydes is 1. The predicted molar refractivity (Wildman–Crippen MR) is 67.1 cm³/mol. The molecule has 94 valence electrons. The number of halogens is 1. The van der Waals surface area contributed by atoms with E-state index < -0.39 is 5.82 Å². The van der Waals surface area contributed by atoms with Gasteiger partial charge < -0.3 is 9.47 Å². The van der Waals surface area contributed by atoms with Gasteiger partial charge in [-0.1, -0.05) is 6.07 Å². The van der Waals surface area contributed by atoms with Gasteiger partial charge in [-0.3, -0.25) is 4.79 Å². The van der Waals surface area contributed by atoms with Crippen LogP contribution in [0.3, 0.4) is 0 Å². The van der Waals surface area contributed by atoms with Gasteiger partial charge in [-0.05, 0) is 12.1 Å². The third-order valence-electron chi connectivity index (χ3n) is 2.83. The summed E-state index contributed by atoms with van der Waals surface area (Å²) in [5, 5.41) is 0. The Kier molecular flexibility index (Phi) is 3.41. The van der Waals surface area contributed by atoms with Crippen LogP contribution in [0.15, 0.2) is 30.6 Å². The van der Waals surface area contributed by atoms with Crippen LogP contribution in [0.2, 0.25) is 0 Å². The molecule has 2 aromatic rings. The number of anilines is 1. The Labute approximate surface area is 105 Å². The van der Waals surface area contributed by atoms with Crippen molar-refractivity contribution in [2.45, 2.75) is 6.54 Å². The van der Waals surface area contributed by atoms with Gasteiger partial charge in [-0.15, -0.1) is 0 Å². The van der Waals surface area contributed by atoms with Crippen LogP contribution in [0.1, 0.15) is 16.2 Å². The van der Waals surface area contributed by atoms with Crippen LogP contribution in [-0.4, -0.2) is 22.9 Å². The van der Waals surface area contributed by atoms with Gasteiger partial charge in [0.15, 0.2) is 6.29 Å². The average molecular weight is 247 g/mol. The lowest BCUT2D eigenvalue weighted by molar-refractivity contribution is 0.112. The van der Waals surface area contributed by atoms with Crippen LogP contribution in [0, 0.1) is 5.82 Å². The summed E-state index contributed by atoms with van der Waals surface area (Å²) in [4.78, 5) is 16.8.